The fraction of sp³-hybridized carbons (Fsp3) is 0.429. The van der Waals surface area contributed by atoms with Gasteiger partial charge in [-0.15, -0.1) is 0 Å². The van der Waals surface area contributed by atoms with Crippen LogP contribution < -0.4 is 22.3 Å². The first-order chi connectivity index (χ1) is 5.25. The Morgan fingerprint density at radius 3 is 3.25 bits per heavy atom. The highest BCUT2D eigenvalue weighted by atomic mass is 35.5. The number of anilines is 1. The van der Waals surface area contributed by atoms with Crippen LogP contribution in [0.5, 0.6) is 0 Å². The number of fused-ring (bicyclic) bond motifs is 1. The van der Waals surface area contributed by atoms with Crippen molar-refractivity contribution in [3.05, 3.63) is 17.5 Å². The lowest BCUT2D eigenvalue weighted by Crippen LogP contribution is -3.00. The van der Waals surface area contributed by atoms with Crippen LogP contribution in [0.3, 0.4) is 0 Å². The molecule has 0 radical (unpaired) electrons. The van der Waals surface area contributed by atoms with Crippen LogP contribution in [-0.2, 0) is 6.54 Å². The van der Waals surface area contributed by atoms with Gasteiger partial charge in [0.25, 0.3) is 0 Å². The van der Waals surface area contributed by atoms with Crippen molar-refractivity contribution >= 4 is 17.4 Å². The van der Waals surface area contributed by atoms with Gasteiger partial charge in [-0.3, -0.25) is 5.32 Å². The summed E-state index contributed by atoms with van der Waals surface area (Å²) in [5, 5.41) is 3.82. The fourth-order valence-electron chi connectivity index (χ4n) is 1.28. The number of nitrogens with one attached hydrogen (secondary N) is 1. The predicted molar refractivity (Wildman–Crippen MR) is 42.5 cm³/mol. The van der Waals surface area contributed by atoms with Crippen molar-refractivity contribution in [3.63, 3.8) is 0 Å². The minimum Gasteiger partial charge on any atom is -1.00 e. The third kappa shape index (κ3) is 1.62. The summed E-state index contributed by atoms with van der Waals surface area (Å²) in [5.41, 5.74) is 0. The second-order valence-electron chi connectivity index (χ2n) is 2.79. The summed E-state index contributed by atoms with van der Waals surface area (Å²) >= 11 is 5.71. The zero-order valence-electron chi connectivity index (χ0n) is 6.59. The molecule has 0 fully saturated rings. The highest BCUT2D eigenvalue weighted by Crippen LogP contribution is 2.12. The van der Waals surface area contributed by atoms with E-state index in [9.17, 15) is 0 Å². The van der Waals surface area contributed by atoms with Gasteiger partial charge in [-0.1, -0.05) is 4.98 Å². The van der Waals surface area contributed by atoms with E-state index in [1.54, 1.807) is 6.33 Å². The summed E-state index contributed by atoms with van der Waals surface area (Å²) < 4.78 is 2.05. The molecule has 0 saturated carbocycles. The van der Waals surface area contributed by atoms with E-state index in [0.717, 1.165) is 12.4 Å². The van der Waals surface area contributed by atoms with Crippen LogP contribution >= 0.6 is 11.6 Å². The van der Waals surface area contributed by atoms with E-state index in [4.69, 9.17) is 11.6 Å². The van der Waals surface area contributed by atoms with E-state index >= 15 is 0 Å². The van der Waals surface area contributed by atoms with Gasteiger partial charge in [0.1, 0.15) is 12.6 Å². The molecule has 0 spiro atoms. The Hall–Kier alpha value is -0.540. The lowest BCUT2D eigenvalue weighted by molar-refractivity contribution is -0.676. The van der Waals surface area contributed by atoms with E-state index < -0.39 is 0 Å². The molecule has 5 heteroatoms. The summed E-state index contributed by atoms with van der Waals surface area (Å²) in [4.78, 5) is 3.97. The molecule has 2 heterocycles. The first kappa shape index (κ1) is 9.55. The molecule has 1 aliphatic rings. The summed E-state index contributed by atoms with van der Waals surface area (Å²) in [5.74, 6) is 1.05. The Balaban J connectivity index is 0.000000720. The average Bonchev–Trinajstić information content (AvgIpc) is 2.27. The second-order valence-corrected chi connectivity index (χ2v) is 3.18. The quantitative estimate of drug-likeness (QED) is 0.387. The third-order valence-corrected chi connectivity index (χ3v) is 1.96. The van der Waals surface area contributed by atoms with Crippen molar-refractivity contribution in [2.45, 2.75) is 19.5 Å². The molecule has 1 atom stereocenters. The van der Waals surface area contributed by atoms with Crippen LogP contribution in [0.4, 0.5) is 5.82 Å². The van der Waals surface area contributed by atoms with Crippen molar-refractivity contribution in [1.82, 2.24) is 4.98 Å². The molecule has 0 aliphatic carbocycles. The standard InChI is InChI=1S/C7H8ClN3.ClH/c1-5-3-11-4-9-6(8)2-7(11)10-5;/h2,4-5H,3H2,1H3;1H. The molecule has 1 N–H and O–H groups in total. The minimum absolute atomic E-state index is 0. The van der Waals surface area contributed by atoms with Crippen LogP contribution in [0.1, 0.15) is 6.92 Å². The van der Waals surface area contributed by atoms with Gasteiger partial charge in [-0.2, -0.15) is 0 Å². The normalized spacial score (nSPS) is 19.3. The molecule has 0 saturated heterocycles. The largest absolute Gasteiger partial charge is 1.00 e. The Bertz CT molecular complexity index is 290. The molecule has 1 aromatic rings. The monoisotopic (exact) mass is 205 g/mol. The van der Waals surface area contributed by atoms with Gasteiger partial charge in [-0.05, 0) is 18.5 Å². The van der Waals surface area contributed by atoms with Crippen molar-refractivity contribution in [2.24, 2.45) is 0 Å². The number of aromatic nitrogens is 2. The maximum atomic E-state index is 5.71. The SMILES string of the molecule is CC1C[n+]2cnc(Cl)cc2N1.[Cl-]. The highest BCUT2D eigenvalue weighted by molar-refractivity contribution is 6.29. The van der Waals surface area contributed by atoms with Gasteiger partial charge in [0.05, 0.1) is 6.07 Å². The molecular formula is C7H9Cl2N3. The smallest absolute Gasteiger partial charge is 0.227 e. The molecule has 0 amide bonds. The number of rotatable bonds is 0. The number of hydrogen-bond acceptors (Lipinski definition) is 2. The van der Waals surface area contributed by atoms with E-state index in [-0.39, 0.29) is 12.4 Å². The molecule has 12 heavy (non-hydrogen) atoms. The van der Waals surface area contributed by atoms with Crippen LogP contribution in [0, 0.1) is 0 Å². The van der Waals surface area contributed by atoms with Crippen LogP contribution in [0.25, 0.3) is 0 Å². The van der Waals surface area contributed by atoms with Gasteiger partial charge >= 0.3 is 0 Å². The first-order valence-corrected chi connectivity index (χ1v) is 3.95. The van der Waals surface area contributed by atoms with E-state index in [2.05, 4.69) is 21.8 Å². The molecule has 0 aromatic carbocycles. The lowest BCUT2D eigenvalue weighted by atomic mass is 10.4. The Morgan fingerprint density at radius 2 is 2.50 bits per heavy atom. The van der Waals surface area contributed by atoms with Crippen LogP contribution in [-0.4, -0.2) is 11.0 Å². The van der Waals surface area contributed by atoms with Crippen molar-refractivity contribution in [2.75, 3.05) is 5.32 Å². The molecular weight excluding hydrogens is 197 g/mol. The Kier molecular flexibility index (Phi) is 2.75. The Morgan fingerprint density at radius 1 is 1.75 bits per heavy atom. The predicted octanol–water partition coefficient (Wildman–Crippen LogP) is -2.16. The number of hydrogen-bond donors (Lipinski definition) is 1. The van der Waals surface area contributed by atoms with Crippen LogP contribution in [0.2, 0.25) is 5.15 Å². The molecule has 66 valence electrons. The first-order valence-electron chi connectivity index (χ1n) is 3.57. The number of nitrogens with zero attached hydrogens (tertiary/aromatic N) is 2. The second kappa shape index (κ2) is 3.46. The molecule has 1 aliphatic heterocycles. The minimum atomic E-state index is 0. The fourth-order valence-corrected chi connectivity index (χ4v) is 1.43. The molecule has 1 unspecified atom stereocenters. The summed E-state index contributed by atoms with van der Waals surface area (Å²) in [7, 11) is 0. The van der Waals surface area contributed by atoms with Crippen molar-refractivity contribution < 1.29 is 17.0 Å². The van der Waals surface area contributed by atoms with Gasteiger partial charge in [0, 0.05) is 0 Å². The third-order valence-electron chi connectivity index (χ3n) is 1.75. The van der Waals surface area contributed by atoms with E-state index in [1.807, 2.05) is 6.07 Å². The van der Waals surface area contributed by atoms with Gasteiger partial charge in [0.2, 0.25) is 17.3 Å². The molecule has 3 nitrogen and oxygen atoms in total. The zero-order chi connectivity index (χ0) is 7.84. The van der Waals surface area contributed by atoms with Crippen molar-refractivity contribution in [3.8, 4) is 0 Å². The topological polar surface area (TPSA) is 28.8 Å². The maximum absolute atomic E-state index is 5.71. The summed E-state index contributed by atoms with van der Waals surface area (Å²) in [6, 6.07) is 2.32. The zero-order valence-corrected chi connectivity index (χ0v) is 8.10. The number of halogens is 2. The highest BCUT2D eigenvalue weighted by Gasteiger charge is 2.21. The van der Waals surface area contributed by atoms with E-state index in [1.165, 1.54) is 0 Å². The molecule has 2 rings (SSSR count). The van der Waals surface area contributed by atoms with Gasteiger partial charge in [0.15, 0.2) is 0 Å². The van der Waals surface area contributed by atoms with Crippen LogP contribution in [0.15, 0.2) is 12.4 Å². The Labute approximate surface area is 82.2 Å². The lowest BCUT2D eigenvalue weighted by Gasteiger charge is -1.92. The average molecular weight is 206 g/mol. The maximum Gasteiger partial charge on any atom is 0.227 e. The summed E-state index contributed by atoms with van der Waals surface area (Å²) in [6.07, 6.45) is 1.76. The summed E-state index contributed by atoms with van der Waals surface area (Å²) in [6.45, 7) is 3.10. The van der Waals surface area contributed by atoms with E-state index in [0.29, 0.717) is 11.2 Å². The molecule has 1 aromatic heterocycles. The van der Waals surface area contributed by atoms with Gasteiger partial charge in [-0.25, -0.2) is 4.57 Å². The molecule has 0 bridgehead atoms. The van der Waals surface area contributed by atoms with Crippen molar-refractivity contribution in [1.29, 1.82) is 0 Å². The van der Waals surface area contributed by atoms with Gasteiger partial charge < -0.3 is 12.4 Å².